The first kappa shape index (κ1) is 36.9. The maximum Gasteiger partial charge on any atom is -0.153 e. The topological polar surface area (TPSA) is 37.3 Å². The van der Waals surface area contributed by atoms with Crippen LogP contribution in [-0.2, 0) is 4.79 Å². The van der Waals surface area contributed by atoms with Gasteiger partial charge in [0.15, 0.2) is 0 Å². The number of carbonyl (C=O) groups is 1. The summed E-state index contributed by atoms with van der Waals surface area (Å²) in [4.78, 5) is 9.00. The predicted octanol–water partition coefficient (Wildman–Crippen LogP) is 9.99. The molecule has 0 fully saturated rings. The Balaban J connectivity index is -0.00000154. The molecule has 0 aromatic rings. The molecule has 2 nitrogen and oxygen atoms in total. The van der Waals surface area contributed by atoms with Crippen molar-refractivity contribution >= 4 is 23.1 Å². The molecule has 0 aliphatic rings. The number of carboxylic acid groups (broad SMARTS) is 1. The molecular formula is C28H64O2P2. The summed E-state index contributed by atoms with van der Waals surface area (Å²) >= 11 is 0. The predicted molar refractivity (Wildman–Crippen MR) is 158 cm³/mol. The standard InChI is InChI=1S/C26H57P.C2H4O2.H3P/c1-5-9-12-15-18-21-24-27(8-4,25-22-19-16-13-10-6-2)26-23-20-17-14-11-7-3;1-2(3)4;/h27H,5-26H2,1-4H3;1H3,(H,3,4);1H3. The fourth-order valence-electron chi connectivity index (χ4n) is 4.75. The van der Waals surface area contributed by atoms with E-state index in [1.54, 1.807) is 43.9 Å². The van der Waals surface area contributed by atoms with Gasteiger partial charge in [0.05, 0.1) is 0 Å². The van der Waals surface area contributed by atoms with E-state index in [1.807, 2.05) is 0 Å². The number of rotatable bonds is 22. The number of hydrogen-bond acceptors (Lipinski definition) is 1. The van der Waals surface area contributed by atoms with Crippen molar-refractivity contribution in [3.63, 3.8) is 0 Å². The minimum atomic E-state index is -0.975. The Labute approximate surface area is 207 Å². The number of unbranched alkanes of at least 4 members (excludes halogenated alkanes) is 15. The minimum Gasteiger partial charge on any atom is -0.153 e. The molecule has 0 bridgehead atoms. The van der Waals surface area contributed by atoms with Crippen molar-refractivity contribution in [3.8, 4) is 0 Å². The van der Waals surface area contributed by atoms with Crippen LogP contribution in [0.25, 0.3) is 0 Å². The Kier molecular flexibility index (Phi) is 33.8. The van der Waals surface area contributed by atoms with E-state index in [0.29, 0.717) is 0 Å². The molecular weight excluding hydrogens is 430 g/mol. The largest absolute Gasteiger partial charge is 0.153 e. The maximum absolute atomic E-state index is 9.00. The summed E-state index contributed by atoms with van der Waals surface area (Å²) in [5.74, 6) is -0.833. The van der Waals surface area contributed by atoms with E-state index >= 15 is 0 Å². The molecule has 1 atom stereocenters. The van der Waals surface area contributed by atoms with Crippen molar-refractivity contribution in [3.05, 3.63) is 0 Å². The minimum absolute atomic E-state index is 0. The van der Waals surface area contributed by atoms with Gasteiger partial charge in [-0.25, -0.2) is 0 Å². The molecule has 0 amide bonds. The zero-order valence-electron chi connectivity index (χ0n) is 23.1. The maximum atomic E-state index is 9.00. The van der Waals surface area contributed by atoms with Crippen LogP contribution in [0.15, 0.2) is 0 Å². The van der Waals surface area contributed by atoms with Crippen LogP contribution in [0.3, 0.4) is 0 Å². The van der Waals surface area contributed by atoms with Crippen molar-refractivity contribution in [2.75, 3.05) is 24.6 Å². The van der Waals surface area contributed by atoms with Crippen LogP contribution in [0.4, 0.5) is 0 Å². The molecule has 1 N–H and O–H groups in total. The van der Waals surface area contributed by atoms with Gasteiger partial charge in [-0.2, -0.15) is 9.90 Å². The summed E-state index contributed by atoms with van der Waals surface area (Å²) in [5, 5.41) is 7.42. The van der Waals surface area contributed by atoms with Gasteiger partial charge in [-0.05, 0) is 0 Å². The summed E-state index contributed by atoms with van der Waals surface area (Å²) < 4.78 is 0. The fourth-order valence-corrected chi connectivity index (χ4v) is 9.56. The average Bonchev–Trinajstić information content (AvgIpc) is 2.74. The molecule has 0 rings (SSSR count). The van der Waals surface area contributed by atoms with Crippen LogP contribution in [0, 0.1) is 0 Å². The molecule has 0 saturated heterocycles. The van der Waals surface area contributed by atoms with Crippen molar-refractivity contribution in [1.82, 2.24) is 0 Å². The summed E-state index contributed by atoms with van der Waals surface area (Å²) in [6.07, 6.45) is 33.1. The monoisotopic (exact) mass is 494 g/mol. The summed E-state index contributed by atoms with van der Waals surface area (Å²) in [6, 6.07) is 0. The van der Waals surface area contributed by atoms with Crippen LogP contribution in [-0.4, -0.2) is 35.7 Å². The van der Waals surface area contributed by atoms with Gasteiger partial charge in [-0.3, -0.25) is 4.79 Å². The van der Waals surface area contributed by atoms with Crippen molar-refractivity contribution in [2.24, 2.45) is 0 Å². The van der Waals surface area contributed by atoms with E-state index in [9.17, 15) is 0 Å². The van der Waals surface area contributed by atoms with Crippen LogP contribution in [0.1, 0.15) is 150 Å². The van der Waals surface area contributed by atoms with Gasteiger partial charge in [-0.1, -0.05) is 0 Å². The van der Waals surface area contributed by atoms with Crippen LogP contribution in [0.5, 0.6) is 0 Å². The normalized spacial score (nSPS) is 11.4. The molecule has 0 aromatic heterocycles. The van der Waals surface area contributed by atoms with E-state index in [1.165, 1.54) is 96.3 Å². The zero-order valence-corrected chi connectivity index (χ0v) is 25.5. The second-order valence-electron chi connectivity index (χ2n) is 9.93. The molecule has 1 unspecified atom stereocenters. The van der Waals surface area contributed by atoms with Crippen molar-refractivity contribution < 1.29 is 9.90 Å². The number of carboxylic acids is 1. The van der Waals surface area contributed by atoms with Gasteiger partial charge >= 0.3 is 175 Å². The van der Waals surface area contributed by atoms with Gasteiger partial charge in [0.2, 0.25) is 0 Å². The van der Waals surface area contributed by atoms with Gasteiger partial charge in [-0.15, -0.1) is 0 Å². The zero-order chi connectivity index (χ0) is 23.6. The van der Waals surface area contributed by atoms with Gasteiger partial charge in [0, 0.05) is 6.92 Å². The Morgan fingerprint density at radius 3 is 0.969 bits per heavy atom. The first-order chi connectivity index (χ1) is 15.0. The first-order valence-electron chi connectivity index (χ1n) is 14.2. The Hall–Kier alpha value is 0.330. The second kappa shape index (κ2) is 29.4. The molecule has 0 aromatic carbocycles. The SMILES string of the molecule is CC(=O)O.CCCCCCCC[PH](CC)(CCCCCCCC)CCCCCCCC.P. The average molecular weight is 495 g/mol. The summed E-state index contributed by atoms with van der Waals surface area (Å²) in [7, 11) is -0.975. The molecule has 32 heavy (non-hydrogen) atoms. The Morgan fingerprint density at radius 1 is 0.531 bits per heavy atom. The van der Waals surface area contributed by atoms with E-state index in [4.69, 9.17) is 9.90 Å². The molecule has 198 valence electrons. The van der Waals surface area contributed by atoms with Crippen LogP contribution in [0.2, 0.25) is 0 Å². The summed E-state index contributed by atoms with van der Waals surface area (Å²) in [5.41, 5.74) is 0. The molecule has 0 saturated carbocycles. The third kappa shape index (κ3) is 28.4. The van der Waals surface area contributed by atoms with Crippen LogP contribution < -0.4 is 0 Å². The van der Waals surface area contributed by atoms with Gasteiger partial charge < -0.3 is 5.11 Å². The number of aliphatic carboxylic acids is 1. The fraction of sp³-hybridized carbons (Fsp3) is 0.964. The molecule has 0 spiro atoms. The van der Waals surface area contributed by atoms with Crippen molar-refractivity contribution in [2.45, 2.75) is 150 Å². The first-order valence-corrected chi connectivity index (χ1v) is 17.0. The van der Waals surface area contributed by atoms with E-state index in [-0.39, 0.29) is 9.90 Å². The van der Waals surface area contributed by atoms with Gasteiger partial charge in [0.1, 0.15) is 0 Å². The Bertz CT molecular complexity index is 317. The molecule has 4 heteroatoms. The number of hydrogen-bond donors (Lipinski definition) is 1. The van der Waals surface area contributed by atoms with Crippen molar-refractivity contribution in [1.29, 1.82) is 0 Å². The van der Waals surface area contributed by atoms with E-state index < -0.39 is 13.2 Å². The molecule has 0 aliphatic heterocycles. The van der Waals surface area contributed by atoms with E-state index in [2.05, 4.69) is 27.7 Å². The third-order valence-electron chi connectivity index (χ3n) is 6.93. The quantitative estimate of drug-likeness (QED) is 0.120. The summed E-state index contributed by atoms with van der Waals surface area (Å²) in [6.45, 7) is 10.6. The molecule has 0 heterocycles. The smallest absolute Gasteiger partial charge is 0.153 e. The van der Waals surface area contributed by atoms with Gasteiger partial charge in [0.25, 0.3) is 5.97 Å². The van der Waals surface area contributed by atoms with E-state index in [0.717, 1.165) is 6.92 Å². The Morgan fingerprint density at radius 2 is 0.750 bits per heavy atom. The molecule has 0 radical (unpaired) electrons. The second-order valence-corrected chi connectivity index (χ2v) is 15.1. The molecule has 0 aliphatic carbocycles. The van der Waals surface area contributed by atoms with Crippen LogP contribution >= 0.6 is 17.2 Å². The third-order valence-corrected chi connectivity index (χ3v) is 12.7.